The van der Waals surface area contributed by atoms with Gasteiger partial charge in [-0.2, -0.15) is 5.10 Å². The highest BCUT2D eigenvalue weighted by Crippen LogP contribution is 2.26. The Morgan fingerprint density at radius 3 is 2.37 bits per heavy atom. The van der Waals surface area contributed by atoms with Crippen molar-refractivity contribution in [2.45, 2.75) is 77.8 Å². The Hall–Kier alpha value is -3.22. The Morgan fingerprint density at radius 1 is 1.09 bits per heavy atom. The first-order valence-corrected chi connectivity index (χ1v) is 12.8. The number of likely N-dealkylation sites (tertiary alicyclic amines) is 1. The molecule has 7 nitrogen and oxygen atoms in total. The lowest BCUT2D eigenvalue weighted by Gasteiger charge is -2.34. The van der Waals surface area contributed by atoms with Crippen LogP contribution in [0.5, 0.6) is 0 Å². The van der Waals surface area contributed by atoms with Crippen molar-refractivity contribution in [2.75, 3.05) is 13.1 Å². The topological polar surface area (TPSA) is 80.1 Å². The minimum Gasteiger partial charge on any atom is -0.349 e. The van der Waals surface area contributed by atoms with Crippen molar-refractivity contribution in [3.8, 4) is 0 Å². The Kier molecular flexibility index (Phi) is 7.53. The number of carbonyl (C=O) groups is 2. The fraction of sp³-hybridized carbons (Fsp3) is 0.500. The van der Waals surface area contributed by atoms with Gasteiger partial charge in [0.15, 0.2) is 5.65 Å². The molecule has 1 aliphatic rings. The van der Waals surface area contributed by atoms with E-state index < -0.39 is 0 Å². The van der Waals surface area contributed by atoms with Crippen LogP contribution in [0, 0.1) is 0 Å². The lowest BCUT2D eigenvalue weighted by Crippen LogP contribution is -2.47. The molecule has 1 unspecified atom stereocenters. The van der Waals surface area contributed by atoms with Gasteiger partial charge in [-0.05, 0) is 50.7 Å². The minimum absolute atomic E-state index is 0.0363. The van der Waals surface area contributed by atoms with E-state index in [0.717, 1.165) is 41.6 Å². The summed E-state index contributed by atoms with van der Waals surface area (Å²) in [6.45, 7) is 11.7. The third-order valence-electron chi connectivity index (χ3n) is 6.96. The predicted octanol–water partition coefficient (Wildman–Crippen LogP) is 5.05. The molecule has 2 aromatic heterocycles. The van der Waals surface area contributed by atoms with Crippen molar-refractivity contribution < 1.29 is 9.59 Å². The normalized spacial score (nSPS) is 15.7. The van der Waals surface area contributed by atoms with Crippen molar-refractivity contribution in [1.29, 1.82) is 0 Å². The molecule has 1 atom stereocenters. The van der Waals surface area contributed by atoms with Crippen molar-refractivity contribution in [3.05, 3.63) is 59.4 Å². The number of nitrogens with one attached hydrogen (secondary N) is 1. The summed E-state index contributed by atoms with van der Waals surface area (Å²) in [6.07, 6.45) is 4.02. The van der Waals surface area contributed by atoms with E-state index in [1.165, 1.54) is 0 Å². The zero-order valence-electron chi connectivity index (χ0n) is 21.5. The van der Waals surface area contributed by atoms with Crippen LogP contribution in [0.2, 0.25) is 0 Å². The van der Waals surface area contributed by atoms with Gasteiger partial charge in [0.1, 0.15) is 0 Å². The minimum atomic E-state index is -0.112. The van der Waals surface area contributed by atoms with Gasteiger partial charge < -0.3 is 10.2 Å². The summed E-state index contributed by atoms with van der Waals surface area (Å²) < 4.78 is 1.87. The van der Waals surface area contributed by atoms with Crippen LogP contribution in [0.1, 0.15) is 93.4 Å². The SMILES string of the molecule is CCC(C(=O)N1CCC(NC(=O)c2cc(C(C)C)nc3c2cnn3C(C)C)CC1)c1ccccc1. The van der Waals surface area contributed by atoms with Gasteiger partial charge in [-0.1, -0.05) is 51.1 Å². The molecular formula is C28H37N5O2. The van der Waals surface area contributed by atoms with E-state index in [1.807, 2.05) is 46.0 Å². The number of carbonyl (C=O) groups excluding carboxylic acids is 2. The van der Waals surface area contributed by atoms with Crippen LogP contribution in [0.3, 0.4) is 0 Å². The molecule has 1 N–H and O–H groups in total. The van der Waals surface area contributed by atoms with Crippen LogP contribution >= 0.6 is 0 Å². The molecule has 4 rings (SSSR count). The van der Waals surface area contributed by atoms with Gasteiger partial charge in [-0.15, -0.1) is 0 Å². The van der Waals surface area contributed by atoms with Crippen molar-refractivity contribution in [1.82, 2.24) is 25.0 Å². The fourth-order valence-electron chi connectivity index (χ4n) is 4.86. The van der Waals surface area contributed by atoms with E-state index in [-0.39, 0.29) is 35.7 Å². The molecule has 186 valence electrons. The maximum Gasteiger partial charge on any atom is 0.252 e. The zero-order chi connectivity index (χ0) is 25.1. The van der Waals surface area contributed by atoms with E-state index in [9.17, 15) is 9.59 Å². The number of aromatic nitrogens is 3. The first-order valence-electron chi connectivity index (χ1n) is 12.8. The van der Waals surface area contributed by atoms with Gasteiger partial charge in [0.05, 0.1) is 23.1 Å². The van der Waals surface area contributed by atoms with Gasteiger partial charge in [0.2, 0.25) is 5.91 Å². The average molecular weight is 476 g/mol. The summed E-state index contributed by atoms with van der Waals surface area (Å²) in [7, 11) is 0. The molecule has 0 spiro atoms. The summed E-state index contributed by atoms with van der Waals surface area (Å²) in [5, 5.41) is 8.50. The van der Waals surface area contributed by atoms with Gasteiger partial charge in [-0.3, -0.25) is 9.59 Å². The van der Waals surface area contributed by atoms with Crippen molar-refractivity contribution in [3.63, 3.8) is 0 Å². The number of piperidine rings is 1. The monoisotopic (exact) mass is 475 g/mol. The first-order chi connectivity index (χ1) is 16.8. The number of hydrogen-bond acceptors (Lipinski definition) is 4. The van der Waals surface area contributed by atoms with Crippen LogP contribution in [0.25, 0.3) is 11.0 Å². The first kappa shape index (κ1) is 24.9. The smallest absolute Gasteiger partial charge is 0.252 e. The zero-order valence-corrected chi connectivity index (χ0v) is 21.5. The Balaban J connectivity index is 1.45. The van der Waals surface area contributed by atoms with Gasteiger partial charge in [-0.25, -0.2) is 9.67 Å². The quantitative estimate of drug-likeness (QED) is 0.519. The maximum atomic E-state index is 13.4. The van der Waals surface area contributed by atoms with Crippen molar-refractivity contribution >= 4 is 22.8 Å². The highest BCUT2D eigenvalue weighted by atomic mass is 16.2. The molecule has 1 saturated heterocycles. The molecular weight excluding hydrogens is 438 g/mol. The highest BCUT2D eigenvalue weighted by molar-refractivity contribution is 6.05. The maximum absolute atomic E-state index is 13.4. The lowest BCUT2D eigenvalue weighted by atomic mass is 9.93. The summed E-state index contributed by atoms with van der Waals surface area (Å²) in [4.78, 5) is 33.3. The number of nitrogens with zero attached hydrogens (tertiary/aromatic N) is 4. The Morgan fingerprint density at radius 2 is 1.77 bits per heavy atom. The second-order valence-electron chi connectivity index (χ2n) is 10.1. The highest BCUT2D eigenvalue weighted by Gasteiger charge is 2.29. The molecule has 0 bridgehead atoms. The number of pyridine rings is 1. The van der Waals surface area contributed by atoms with Crippen molar-refractivity contribution in [2.24, 2.45) is 0 Å². The van der Waals surface area contributed by atoms with E-state index in [2.05, 4.69) is 45.0 Å². The summed E-state index contributed by atoms with van der Waals surface area (Å²) in [5.74, 6) is 0.177. The predicted molar refractivity (Wildman–Crippen MR) is 139 cm³/mol. The van der Waals surface area contributed by atoms with Gasteiger partial charge in [0.25, 0.3) is 5.91 Å². The number of amides is 2. The third kappa shape index (κ3) is 5.24. The van der Waals surface area contributed by atoms with E-state index in [0.29, 0.717) is 18.7 Å². The standard InChI is InChI=1S/C28H37N5O2/c1-6-22(20-10-8-7-9-11-20)28(35)32-14-12-21(13-15-32)30-27(34)23-16-25(18(2)3)31-26-24(23)17-29-33(26)19(4)5/h7-11,16-19,21-22H,6,12-15H2,1-5H3,(H,30,34). The van der Waals surface area contributed by atoms with Crippen LogP contribution in [0.4, 0.5) is 0 Å². The third-order valence-corrected chi connectivity index (χ3v) is 6.96. The fourth-order valence-corrected chi connectivity index (χ4v) is 4.86. The second-order valence-corrected chi connectivity index (χ2v) is 10.1. The summed E-state index contributed by atoms with van der Waals surface area (Å²) in [6, 6.07) is 12.1. The lowest BCUT2D eigenvalue weighted by molar-refractivity contribution is -0.134. The van der Waals surface area contributed by atoms with Crippen LogP contribution in [-0.2, 0) is 4.79 Å². The molecule has 2 amide bonds. The molecule has 3 heterocycles. The molecule has 7 heteroatoms. The van der Waals surface area contributed by atoms with Crippen LogP contribution in [-0.4, -0.2) is 50.6 Å². The Labute approximate surface area is 207 Å². The molecule has 3 aromatic rings. The number of rotatable bonds is 7. The molecule has 0 aliphatic carbocycles. The number of benzene rings is 1. The van der Waals surface area contributed by atoms with Gasteiger partial charge >= 0.3 is 0 Å². The Bertz CT molecular complexity index is 1180. The molecule has 0 radical (unpaired) electrons. The van der Waals surface area contributed by atoms with E-state index in [4.69, 9.17) is 4.98 Å². The molecule has 1 fully saturated rings. The summed E-state index contributed by atoms with van der Waals surface area (Å²) in [5.41, 5.74) is 3.33. The largest absolute Gasteiger partial charge is 0.349 e. The van der Waals surface area contributed by atoms with Gasteiger partial charge in [0, 0.05) is 30.9 Å². The van der Waals surface area contributed by atoms with Crippen LogP contribution in [0.15, 0.2) is 42.6 Å². The number of hydrogen-bond donors (Lipinski definition) is 1. The number of fused-ring (bicyclic) bond motifs is 1. The molecule has 35 heavy (non-hydrogen) atoms. The molecule has 0 saturated carbocycles. The van der Waals surface area contributed by atoms with E-state index >= 15 is 0 Å². The van der Waals surface area contributed by atoms with E-state index in [1.54, 1.807) is 6.20 Å². The molecule has 1 aliphatic heterocycles. The van der Waals surface area contributed by atoms with Crippen LogP contribution < -0.4 is 5.32 Å². The molecule has 1 aromatic carbocycles. The second kappa shape index (κ2) is 10.6. The summed E-state index contributed by atoms with van der Waals surface area (Å²) >= 11 is 0. The average Bonchev–Trinajstić information content (AvgIpc) is 3.29.